The molecule has 1 aromatic rings. The van der Waals surface area contributed by atoms with Crippen molar-refractivity contribution in [3.8, 4) is 12.3 Å². The monoisotopic (exact) mass is 360 g/mol. The molecule has 0 bridgehead atoms. The number of hydrogen-bond donors (Lipinski definition) is 4. The minimum atomic E-state index is -0.832. The Morgan fingerprint density at radius 3 is 2.65 bits per heavy atom. The van der Waals surface area contributed by atoms with Gasteiger partial charge >= 0.3 is 12.0 Å². The van der Waals surface area contributed by atoms with Crippen LogP contribution in [-0.4, -0.2) is 43.0 Å². The van der Waals surface area contributed by atoms with Gasteiger partial charge in [0.1, 0.15) is 6.04 Å². The lowest BCUT2D eigenvalue weighted by Crippen LogP contribution is -2.42. The van der Waals surface area contributed by atoms with Crippen molar-refractivity contribution in [3.05, 3.63) is 29.8 Å². The predicted molar refractivity (Wildman–Crippen MR) is 94.0 cm³/mol. The highest BCUT2D eigenvalue weighted by Crippen LogP contribution is 2.10. The van der Waals surface area contributed by atoms with Gasteiger partial charge in [-0.05, 0) is 25.1 Å². The molecule has 9 nitrogen and oxygen atoms in total. The number of rotatable bonds is 8. The van der Waals surface area contributed by atoms with E-state index in [0.29, 0.717) is 5.69 Å². The van der Waals surface area contributed by atoms with E-state index in [1.54, 1.807) is 19.1 Å². The van der Waals surface area contributed by atoms with Crippen LogP contribution in [0.3, 0.4) is 0 Å². The number of anilines is 1. The van der Waals surface area contributed by atoms with Crippen molar-refractivity contribution in [1.29, 1.82) is 0 Å². The smallest absolute Gasteiger partial charge is 0.316 e. The molecule has 0 saturated heterocycles. The first kappa shape index (κ1) is 20.5. The fraction of sp³-hybridized carbons (Fsp3) is 0.294. The van der Waals surface area contributed by atoms with E-state index in [-0.39, 0.29) is 25.1 Å². The highest BCUT2D eigenvalue weighted by molar-refractivity contribution is 5.98. The molecule has 0 fully saturated rings. The molecule has 0 aromatic heterocycles. The Labute approximate surface area is 150 Å². The van der Waals surface area contributed by atoms with Crippen LogP contribution in [0.15, 0.2) is 24.3 Å². The van der Waals surface area contributed by atoms with E-state index in [1.807, 2.05) is 0 Å². The number of hydrogen-bond acceptors (Lipinski definition) is 5. The second-order valence-corrected chi connectivity index (χ2v) is 5.05. The Morgan fingerprint density at radius 2 is 2.04 bits per heavy atom. The molecule has 0 heterocycles. The quantitative estimate of drug-likeness (QED) is 0.381. The zero-order chi connectivity index (χ0) is 19.5. The van der Waals surface area contributed by atoms with Gasteiger partial charge in [-0.3, -0.25) is 14.4 Å². The lowest BCUT2D eigenvalue weighted by molar-refractivity contribution is -0.143. The van der Waals surface area contributed by atoms with Gasteiger partial charge in [-0.1, -0.05) is 12.0 Å². The molecule has 0 radical (unpaired) electrons. The van der Waals surface area contributed by atoms with E-state index in [0.717, 1.165) is 0 Å². The van der Waals surface area contributed by atoms with Crippen molar-refractivity contribution in [2.45, 2.75) is 19.4 Å². The zero-order valence-corrected chi connectivity index (χ0v) is 14.2. The van der Waals surface area contributed by atoms with Crippen LogP contribution in [-0.2, 0) is 14.3 Å². The molecule has 0 saturated carbocycles. The summed E-state index contributed by atoms with van der Waals surface area (Å²) in [4.78, 5) is 46.1. The number of benzene rings is 1. The summed E-state index contributed by atoms with van der Waals surface area (Å²) in [5.74, 6) is 0.651. The fourth-order valence-electron chi connectivity index (χ4n) is 1.93. The van der Waals surface area contributed by atoms with Crippen molar-refractivity contribution < 1.29 is 23.9 Å². The van der Waals surface area contributed by atoms with Gasteiger partial charge in [0.25, 0.3) is 5.91 Å². The third kappa shape index (κ3) is 7.35. The zero-order valence-electron chi connectivity index (χ0n) is 14.2. The summed E-state index contributed by atoms with van der Waals surface area (Å²) >= 11 is 0. The van der Waals surface area contributed by atoms with Crippen molar-refractivity contribution in [1.82, 2.24) is 10.6 Å². The molecular weight excluding hydrogens is 340 g/mol. The molecule has 0 unspecified atom stereocenters. The van der Waals surface area contributed by atoms with Crippen LogP contribution in [0, 0.1) is 12.3 Å². The molecule has 1 atom stereocenters. The Kier molecular flexibility index (Phi) is 8.16. The average molecular weight is 360 g/mol. The van der Waals surface area contributed by atoms with E-state index in [2.05, 4.69) is 21.9 Å². The molecule has 0 aliphatic carbocycles. The number of primary amides is 1. The van der Waals surface area contributed by atoms with Gasteiger partial charge in [0.2, 0.25) is 5.91 Å². The molecule has 138 valence electrons. The van der Waals surface area contributed by atoms with Crippen molar-refractivity contribution in [2.75, 3.05) is 18.5 Å². The van der Waals surface area contributed by atoms with Gasteiger partial charge in [0, 0.05) is 11.3 Å². The van der Waals surface area contributed by atoms with E-state index in [1.165, 1.54) is 12.1 Å². The number of terminal acetylenes is 1. The Morgan fingerprint density at radius 1 is 1.31 bits per heavy atom. The summed E-state index contributed by atoms with van der Waals surface area (Å²) in [6, 6.07) is 4.42. The van der Waals surface area contributed by atoms with Crippen LogP contribution < -0.4 is 21.7 Å². The topological polar surface area (TPSA) is 140 Å². The molecule has 9 heteroatoms. The summed E-state index contributed by atoms with van der Waals surface area (Å²) in [5.41, 5.74) is 5.58. The Balaban J connectivity index is 2.53. The maximum absolute atomic E-state index is 12.1. The lowest BCUT2D eigenvalue weighted by Gasteiger charge is -2.13. The second kappa shape index (κ2) is 10.4. The second-order valence-electron chi connectivity index (χ2n) is 5.05. The highest BCUT2D eigenvalue weighted by Gasteiger charge is 2.16. The summed E-state index contributed by atoms with van der Waals surface area (Å²) in [6.07, 6.45) is 5.10. The third-order valence-corrected chi connectivity index (χ3v) is 3.01. The van der Waals surface area contributed by atoms with Gasteiger partial charge in [-0.25, -0.2) is 4.79 Å². The first-order chi connectivity index (χ1) is 12.3. The number of amides is 4. The summed E-state index contributed by atoms with van der Waals surface area (Å²) < 4.78 is 4.76. The summed E-state index contributed by atoms with van der Waals surface area (Å²) in [5, 5.41) is 7.18. The van der Waals surface area contributed by atoms with Crippen LogP contribution in [0.1, 0.15) is 23.7 Å². The Hall–Kier alpha value is -3.54. The standard InChI is InChI=1S/C17H20N4O5/c1-3-12(9-15(23)26-4-2)20-14(22)10-19-16(24)11-6-5-7-13(8-11)21-17(18)25/h1,5-8,12H,4,9-10H2,2H3,(H,19,24)(H,20,22)(H3,18,21,25)/t12-/m1/s1. The molecule has 0 spiro atoms. The number of carbonyl (C=O) groups excluding carboxylic acids is 4. The highest BCUT2D eigenvalue weighted by atomic mass is 16.5. The van der Waals surface area contributed by atoms with Gasteiger partial charge < -0.3 is 26.4 Å². The van der Waals surface area contributed by atoms with Crippen LogP contribution in [0.25, 0.3) is 0 Å². The van der Waals surface area contributed by atoms with E-state index in [4.69, 9.17) is 16.9 Å². The molecule has 26 heavy (non-hydrogen) atoms. The normalized spacial score (nSPS) is 10.8. The van der Waals surface area contributed by atoms with Crippen molar-refractivity contribution >= 4 is 29.5 Å². The molecule has 5 N–H and O–H groups in total. The van der Waals surface area contributed by atoms with Gasteiger partial charge in [-0.15, -0.1) is 6.42 Å². The summed E-state index contributed by atoms with van der Waals surface area (Å²) in [6.45, 7) is 1.53. The van der Waals surface area contributed by atoms with Crippen LogP contribution >= 0.6 is 0 Å². The van der Waals surface area contributed by atoms with Crippen LogP contribution in [0.5, 0.6) is 0 Å². The minimum Gasteiger partial charge on any atom is -0.466 e. The predicted octanol–water partition coefficient (Wildman–Crippen LogP) is -0.0218. The van der Waals surface area contributed by atoms with Gasteiger partial charge in [0.05, 0.1) is 19.6 Å². The lowest BCUT2D eigenvalue weighted by atomic mass is 10.2. The van der Waals surface area contributed by atoms with Crippen LogP contribution in [0.4, 0.5) is 10.5 Å². The maximum Gasteiger partial charge on any atom is 0.316 e. The first-order valence-corrected chi connectivity index (χ1v) is 7.71. The molecule has 0 aliphatic heterocycles. The molecular formula is C17H20N4O5. The number of carbonyl (C=O) groups is 4. The number of nitrogens with one attached hydrogen (secondary N) is 3. The summed E-state index contributed by atoms with van der Waals surface area (Å²) in [7, 11) is 0. The van der Waals surface area contributed by atoms with E-state index >= 15 is 0 Å². The van der Waals surface area contributed by atoms with E-state index < -0.39 is 29.9 Å². The maximum atomic E-state index is 12.1. The molecule has 4 amide bonds. The molecule has 0 aliphatic rings. The number of nitrogens with two attached hydrogens (primary N) is 1. The number of urea groups is 1. The van der Waals surface area contributed by atoms with E-state index in [9.17, 15) is 19.2 Å². The first-order valence-electron chi connectivity index (χ1n) is 7.71. The SMILES string of the molecule is C#C[C@H](CC(=O)OCC)NC(=O)CNC(=O)c1cccc(NC(N)=O)c1. The fourth-order valence-corrected chi connectivity index (χ4v) is 1.93. The Bertz CT molecular complexity index is 726. The molecule has 1 aromatic carbocycles. The van der Waals surface area contributed by atoms with Crippen molar-refractivity contribution in [2.24, 2.45) is 5.73 Å². The largest absolute Gasteiger partial charge is 0.466 e. The molecule has 1 rings (SSSR count). The number of esters is 1. The average Bonchev–Trinajstić information content (AvgIpc) is 2.59. The number of ether oxygens (including phenoxy) is 1. The third-order valence-electron chi connectivity index (χ3n) is 3.01. The van der Waals surface area contributed by atoms with Gasteiger partial charge in [-0.2, -0.15) is 0 Å². The van der Waals surface area contributed by atoms with Gasteiger partial charge in [0.15, 0.2) is 0 Å². The van der Waals surface area contributed by atoms with Crippen LogP contribution in [0.2, 0.25) is 0 Å². The minimum absolute atomic E-state index is 0.162. The van der Waals surface area contributed by atoms with Crippen molar-refractivity contribution in [3.63, 3.8) is 0 Å².